The predicted octanol–water partition coefficient (Wildman–Crippen LogP) is 4.55. The van der Waals surface area contributed by atoms with Crippen LogP contribution in [0.4, 0.5) is 11.5 Å². The number of anilines is 2. The number of benzene rings is 1. The molecule has 202 valence electrons. The van der Waals surface area contributed by atoms with Crippen molar-refractivity contribution in [3.05, 3.63) is 64.4 Å². The molecule has 4 N–H and O–H groups in total. The number of imidazole rings is 1. The van der Waals surface area contributed by atoms with Crippen LogP contribution in [0.2, 0.25) is 0 Å². The number of unbranched alkanes of at least 4 members (excludes halogenated alkanes) is 2. The zero-order chi connectivity index (χ0) is 27.3. The van der Waals surface area contributed by atoms with Crippen LogP contribution in [0.15, 0.2) is 42.5 Å². The van der Waals surface area contributed by atoms with E-state index in [1.54, 1.807) is 6.08 Å². The summed E-state index contributed by atoms with van der Waals surface area (Å²) in [6.45, 7) is 7.91. The first-order chi connectivity index (χ1) is 18.5. The van der Waals surface area contributed by atoms with Crippen LogP contribution >= 0.6 is 0 Å². The smallest absolute Gasteiger partial charge is 0.243 e. The van der Waals surface area contributed by atoms with Gasteiger partial charge < -0.3 is 20.9 Å². The lowest BCUT2D eigenvalue weighted by atomic mass is 10.2. The Morgan fingerprint density at radius 1 is 1.11 bits per heavy atom. The lowest BCUT2D eigenvalue weighted by molar-refractivity contribution is -0.116. The summed E-state index contributed by atoms with van der Waals surface area (Å²) in [6.07, 6.45) is 17.9. The number of hydrogen-bond acceptors (Lipinski definition) is 5. The van der Waals surface area contributed by atoms with E-state index in [1.807, 2.05) is 37.4 Å². The van der Waals surface area contributed by atoms with Gasteiger partial charge in [0.1, 0.15) is 11.3 Å². The van der Waals surface area contributed by atoms with Crippen molar-refractivity contribution in [2.45, 2.75) is 65.8 Å². The highest BCUT2D eigenvalue weighted by Gasteiger charge is 2.15. The number of aryl methyl sites for hydroxylation is 2. The predicted molar refractivity (Wildman–Crippen MR) is 161 cm³/mol. The summed E-state index contributed by atoms with van der Waals surface area (Å²) in [5.41, 5.74) is 10.1. The van der Waals surface area contributed by atoms with E-state index in [2.05, 4.69) is 65.3 Å². The molecule has 7 nitrogen and oxygen atoms in total. The third-order valence-electron chi connectivity index (χ3n) is 6.46. The lowest BCUT2D eigenvalue weighted by Crippen LogP contribution is -2.31. The monoisotopic (exact) mass is 514 g/mol. The van der Waals surface area contributed by atoms with Crippen LogP contribution in [0.5, 0.6) is 0 Å². The number of amides is 1. The van der Waals surface area contributed by atoms with Crippen LogP contribution in [-0.4, -0.2) is 34.0 Å². The van der Waals surface area contributed by atoms with Crippen LogP contribution in [0.25, 0.3) is 29.3 Å². The number of nitrogens with one attached hydrogen (secondary N) is 2. The standard InChI is InChI=1S/C27H32N6O.C4H10/c1-3-23-32-25-26(21-9-5-4-6-10-22(21)31-27(25)28)33(23)18-8-7-17-30-24(34)16-13-19-11-14-20(29-2)15-12-19;1-3-4-2/h4-5,9-16,29H,3,6-8,17-18H2,1-2H3,(H2,28,31)(H,30,34);3-4H2,1-2H3/b16-13+;. The number of nitrogens with two attached hydrogens (primary N) is 1. The molecule has 3 aromatic rings. The average Bonchev–Trinajstić information content (AvgIpc) is 3.16. The first-order valence-electron chi connectivity index (χ1n) is 13.8. The van der Waals surface area contributed by atoms with E-state index in [0.717, 1.165) is 70.9 Å². The van der Waals surface area contributed by atoms with Crippen LogP contribution in [0.3, 0.4) is 0 Å². The quantitative estimate of drug-likeness (QED) is 0.272. The zero-order valence-corrected chi connectivity index (χ0v) is 23.3. The van der Waals surface area contributed by atoms with Crippen LogP contribution in [-0.2, 0) is 17.8 Å². The molecule has 1 aromatic carbocycles. The van der Waals surface area contributed by atoms with Crippen molar-refractivity contribution in [3.63, 3.8) is 0 Å². The Labute approximate surface area is 226 Å². The Balaban J connectivity index is 0.000000934. The molecule has 7 heteroatoms. The fourth-order valence-corrected chi connectivity index (χ4v) is 4.17. The van der Waals surface area contributed by atoms with E-state index in [0.29, 0.717) is 12.4 Å². The van der Waals surface area contributed by atoms with Crippen molar-refractivity contribution >= 4 is 46.7 Å². The molecule has 0 unspecified atom stereocenters. The van der Waals surface area contributed by atoms with Gasteiger partial charge in [-0.25, -0.2) is 9.97 Å². The van der Waals surface area contributed by atoms with E-state index in [9.17, 15) is 4.79 Å². The Hall–Kier alpha value is -3.87. The molecule has 2 heterocycles. The van der Waals surface area contributed by atoms with Crippen molar-refractivity contribution in [2.24, 2.45) is 0 Å². The number of nitrogens with zero attached hydrogens (tertiary/aromatic N) is 3. The summed E-state index contributed by atoms with van der Waals surface area (Å²) in [5.74, 6) is 1.41. The maximum Gasteiger partial charge on any atom is 0.243 e. The van der Waals surface area contributed by atoms with Gasteiger partial charge in [0.25, 0.3) is 0 Å². The maximum atomic E-state index is 12.2. The minimum atomic E-state index is -0.0823. The highest BCUT2D eigenvalue weighted by atomic mass is 16.1. The molecule has 0 fully saturated rings. The van der Waals surface area contributed by atoms with Crippen molar-refractivity contribution in [1.29, 1.82) is 0 Å². The van der Waals surface area contributed by atoms with Gasteiger partial charge in [0.2, 0.25) is 5.91 Å². The first-order valence-corrected chi connectivity index (χ1v) is 13.8. The molecule has 0 atom stereocenters. The Bertz CT molecular complexity index is 1380. The molecule has 0 saturated heterocycles. The minimum absolute atomic E-state index is 0.0823. The zero-order valence-electron chi connectivity index (χ0n) is 23.3. The van der Waals surface area contributed by atoms with Crippen molar-refractivity contribution in [3.8, 4) is 0 Å². The van der Waals surface area contributed by atoms with Gasteiger partial charge in [0.15, 0.2) is 5.82 Å². The molecule has 1 amide bonds. The minimum Gasteiger partial charge on any atom is -0.388 e. The lowest BCUT2D eigenvalue weighted by Gasteiger charge is -2.09. The summed E-state index contributed by atoms with van der Waals surface area (Å²) in [7, 11) is 1.88. The number of aromatic nitrogens is 3. The number of pyridine rings is 1. The second kappa shape index (κ2) is 14.8. The third-order valence-corrected chi connectivity index (χ3v) is 6.46. The highest BCUT2D eigenvalue weighted by molar-refractivity contribution is 5.91. The number of hydrogen-bond donors (Lipinski definition) is 3. The SMILES string of the molecule is CCCC.CCc1nc2c(N)nc3c(c2n1CCCCNC(=O)/C=C/c1ccc(NC)cc1)=CC=CCC=3. The van der Waals surface area contributed by atoms with Gasteiger partial charge in [-0.15, -0.1) is 0 Å². The largest absolute Gasteiger partial charge is 0.388 e. The third kappa shape index (κ3) is 7.57. The summed E-state index contributed by atoms with van der Waals surface area (Å²) in [5, 5.41) is 8.05. The van der Waals surface area contributed by atoms with E-state index >= 15 is 0 Å². The summed E-state index contributed by atoms with van der Waals surface area (Å²) in [4.78, 5) is 21.6. The molecule has 2 aromatic heterocycles. The number of nitrogen functional groups attached to an aromatic ring is 1. The molecule has 1 aliphatic rings. The topological polar surface area (TPSA) is 97.9 Å². The molecule has 0 radical (unpaired) electrons. The molecule has 4 rings (SSSR count). The average molecular weight is 515 g/mol. The van der Waals surface area contributed by atoms with E-state index < -0.39 is 0 Å². The Morgan fingerprint density at radius 2 is 1.87 bits per heavy atom. The summed E-state index contributed by atoms with van der Waals surface area (Å²) >= 11 is 0. The van der Waals surface area contributed by atoms with Gasteiger partial charge in [-0.05, 0) is 43.0 Å². The Morgan fingerprint density at radius 3 is 2.55 bits per heavy atom. The molecule has 1 aliphatic carbocycles. The van der Waals surface area contributed by atoms with Gasteiger partial charge >= 0.3 is 0 Å². The number of rotatable bonds is 10. The van der Waals surface area contributed by atoms with Crippen molar-refractivity contribution in [1.82, 2.24) is 19.9 Å². The van der Waals surface area contributed by atoms with E-state index in [4.69, 9.17) is 10.7 Å². The fourth-order valence-electron chi connectivity index (χ4n) is 4.17. The molecule has 0 spiro atoms. The number of allylic oxidation sites excluding steroid dienone is 2. The number of carbonyl (C=O) groups is 1. The fraction of sp³-hybridized carbons (Fsp3) is 0.387. The highest BCUT2D eigenvalue weighted by Crippen LogP contribution is 2.18. The van der Waals surface area contributed by atoms with Crippen LogP contribution < -0.4 is 26.9 Å². The summed E-state index contributed by atoms with van der Waals surface area (Å²) < 4.78 is 2.27. The number of fused-ring (bicyclic) bond motifs is 3. The van der Waals surface area contributed by atoms with Gasteiger partial charge in [-0.3, -0.25) is 4.79 Å². The molecule has 38 heavy (non-hydrogen) atoms. The maximum absolute atomic E-state index is 12.2. The van der Waals surface area contributed by atoms with Crippen LogP contribution in [0, 0.1) is 0 Å². The van der Waals surface area contributed by atoms with Crippen molar-refractivity contribution < 1.29 is 4.79 Å². The molecular formula is C31H42N6O. The summed E-state index contributed by atoms with van der Waals surface area (Å²) in [6, 6.07) is 7.92. The second-order valence-electron chi connectivity index (χ2n) is 9.26. The first kappa shape index (κ1) is 28.7. The Kier molecular flexibility index (Phi) is 11.1. The van der Waals surface area contributed by atoms with Gasteiger partial charge in [0.05, 0.1) is 10.9 Å². The van der Waals surface area contributed by atoms with Gasteiger partial charge in [0, 0.05) is 43.5 Å². The normalized spacial score (nSPS) is 12.2. The van der Waals surface area contributed by atoms with E-state index in [1.165, 1.54) is 12.8 Å². The van der Waals surface area contributed by atoms with Crippen LogP contribution in [0.1, 0.15) is 64.3 Å². The van der Waals surface area contributed by atoms with Gasteiger partial charge in [-0.1, -0.05) is 70.0 Å². The molecular weight excluding hydrogens is 472 g/mol. The van der Waals surface area contributed by atoms with Crippen molar-refractivity contribution in [2.75, 3.05) is 24.6 Å². The van der Waals surface area contributed by atoms with Gasteiger partial charge in [-0.2, -0.15) is 0 Å². The molecule has 0 aliphatic heterocycles. The molecule has 0 bridgehead atoms. The second-order valence-corrected chi connectivity index (χ2v) is 9.26. The number of carbonyl (C=O) groups excluding carboxylic acids is 1. The van der Waals surface area contributed by atoms with E-state index in [-0.39, 0.29) is 5.91 Å². The molecule has 0 saturated carbocycles.